The average Bonchev–Trinajstić information content (AvgIpc) is 2.57. The highest BCUT2D eigenvalue weighted by Gasteiger charge is 2.26. The summed E-state index contributed by atoms with van der Waals surface area (Å²) in [4.78, 5) is 20.5. The molecule has 3 heterocycles. The van der Waals surface area contributed by atoms with E-state index in [1.54, 1.807) is 12.4 Å². The summed E-state index contributed by atoms with van der Waals surface area (Å²) in [6.45, 7) is 5.46. The van der Waals surface area contributed by atoms with Crippen LogP contribution >= 0.6 is 0 Å². The molecule has 2 aliphatic heterocycles. The molecule has 3 rings (SSSR count). The Morgan fingerprint density at radius 3 is 2.71 bits per heavy atom. The number of morpholine rings is 2. The lowest BCUT2D eigenvalue weighted by molar-refractivity contribution is -0.141. The summed E-state index contributed by atoms with van der Waals surface area (Å²) in [7, 11) is 0. The first kappa shape index (κ1) is 14.4. The van der Waals surface area contributed by atoms with Gasteiger partial charge in [-0.2, -0.15) is 0 Å². The van der Waals surface area contributed by atoms with Gasteiger partial charge in [0.05, 0.1) is 32.9 Å². The summed E-state index contributed by atoms with van der Waals surface area (Å²) < 4.78 is 11.1. The lowest BCUT2D eigenvalue weighted by Gasteiger charge is -2.35. The Morgan fingerprint density at radius 1 is 1.19 bits per heavy atom. The number of carbonyl (C=O) groups is 1. The van der Waals surface area contributed by atoms with Gasteiger partial charge in [0.2, 0.25) is 5.91 Å². The lowest BCUT2D eigenvalue weighted by Crippen LogP contribution is -2.48. The number of ether oxygens (including phenoxy) is 2. The molecule has 1 aromatic heterocycles. The van der Waals surface area contributed by atoms with Crippen LogP contribution in [0.15, 0.2) is 24.5 Å². The van der Waals surface area contributed by atoms with Crippen LogP contribution in [0.5, 0.6) is 0 Å². The molecule has 0 bridgehead atoms. The molecule has 0 aliphatic carbocycles. The van der Waals surface area contributed by atoms with E-state index in [1.807, 2.05) is 17.0 Å². The van der Waals surface area contributed by atoms with Gasteiger partial charge in [-0.15, -0.1) is 0 Å². The first-order chi connectivity index (χ1) is 10.3. The van der Waals surface area contributed by atoms with Crippen LogP contribution in [-0.2, 0) is 14.3 Å². The summed E-state index contributed by atoms with van der Waals surface area (Å²) in [6, 6.07) is 3.89. The first-order valence-electron chi connectivity index (χ1n) is 7.42. The molecule has 2 aliphatic rings. The topological polar surface area (TPSA) is 54.9 Å². The molecule has 2 saturated heterocycles. The van der Waals surface area contributed by atoms with Crippen molar-refractivity contribution < 1.29 is 14.3 Å². The molecule has 0 saturated carbocycles. The predicted octanol–water partition coefficient (Wildman–Crippen LogP) is 0.314. The lowest BCUT2D eigenvalue weighted by atomic mass is 10.1. The van der Waals surface area contributed by atoms with E-state index in [2.05, 4.69) is 9.88 Å². The maximum absolute atomic E-state index is 12.4. The number of hydrogen-bond donors (Lipinski definition) is 0. The summed E-state index contributed by atoms with van der Waals surface area (Å²) in [5.41, 5.74) is 1.08. The van der Waals surface area contributed by atoms with Crippen molar-refractivity contribution in [2.75, 3.05) is 52.5 Å². The van der Waals surface area contributed by atoms with Crippen molar-refractivity contribution in [3.05, 3.63) is 30.1 Å². The zero-order valence-corrected chi connectivity index (χ0v) is 12.1. The van der Waals surface area contributed by atoms with Crippen LogP contribution in [0.4, 0.5) is 0 Å². The molecule has 1 aromatic rings. The fourth-order valence-electron chi connectivity index (χ4n) is 2.71. The Bertz CT molecular complexity index is 462. The molecular formula is C15H21N3O3. The van der Waals surface area contributed by atoms with Crippen molar-refractivity contribution in [2.45, 2.75) is 6.10 Å². The van der Waals surface area contributed by atoms with Crippen molar-refractivity contribution in [3.63, 3.8) is 0 Å². The van der Waals surface area contributed by atoms with E-state index in [0.29, 0.717) is 26.2 Å². The maximum Gasteiger partial charge on any atom is 0.236 e. The summed E-state index contributed by atoms with van der Waals surface area (Å²) in [5.74, 6) is 0.180. The van der Waals surface area contributed by atoms with Crippen molar-refractivity contribution in [1.82, 2.24) is 14.8 Å². The number of amides is 1. The van der Waals surface area contributed by atoms with E-state index >= 15 is 0 Å². The minimum absolute atomic E-state index is 0.0459. The fourth-order valence-corrected chi connectivity index (χ4v) is 2.71. The van der Waals surface area contributed by atoms with Crippen LogP contribution in [0.2, 0.25) is 0 Å². The van der Waals surface area contributed by atoms with Gasteiger partial charge in [0, 0.05) is 32.0 Å². The van der Waals surface area contributed by atoms with Gasteiger partial charge in [0.15, 0.2) is 0 Å². The third-order valence-electron chi connectivity index (χ3n) is 3.96. The molecule has 1 amide bonds. The maximum atomic E-state index is 12.4. The zero-order chi connectivity index (χ0) is 14.5. The monoisotopic (exact) mass is 291 g/mol. The standard InChI is InChI=1S/C15H21N3O3/c19-15(12-17-5-8-20-9-6-17)18-7-10-21-14(11-18)13-1-3-16-4-2-13/h1-4,14H,5-12H2/t14-/m0/s1. The number of pyridine rings is 1. The van der Waals surface area contributed by atoms with Crippen LogP contribution in [0.25, 0.3) is 0 Å². The average molecular weight is 291 g/mol. The smallest absolute Gasteiger partial charge is 0.236 e. The minimum atomic E-state index is -0.0459. The fraction of sp³-hybridized carbons (Fsp3) is 0.600. The zero-order valence-electron chi connectivity index (χ0n) is 12.1. The molecule has 114 valence electrons. The summed E-state index contributed by atoms with van der Waals surface area (Å²) in [5, 5.41) is 0. The van der Waals surface area contributed by atoms with Crippen LogP contribution in [0.1, 0.15) is 11.7 Å². The Labute approximate surface area is 124 Å². The Kier molecular flexibility index (Phi) is 4.80. The molecule has 21 heavy (non-hydrogen) atoms. The van der Waals surface area contributed by atoms with Gasteiger partial charge in [0.25, 0.3) is 0 Å². The minimum Gasteiger partial charge on any atom is -0.379 e. The Balaban J connectivity index is 1.56. The van der Waals surface area contributed by atoms with Crippen LogP contribution in [0, 0.1) is 0 Å². The number of nitrogens with zero attached hydrogens (tertiary/aromatic N) is 3. The normalized spacial score (nSPS) is 24.0. The number of carbonyl (C=O) groups excluding carboxylic acids is 1. The van der Waals surface area contributed by atoms with E-state index in [1.165, 1.54) is 0 Å². The summed E-state index contributed by atoms with van der Waals surface area (Å²) >= 11 is 0. The van der Waals surface area contributed by atoms with E-state index in [9.17, 15) is 4.79 Å². The van der Waals surface area contributed by atoms with Gasteiger partial charge in [-0.25, -0.2) is 0 Å². The van der Waals surface area contributed by atoms with E-state index in [4.69, 9.17) is 9.47 Å². The second-order valence-electron chi connectivity index (χ2n) is 5.37. The second kappa shape index (κ2) is 6.98. The van der Waals surface area contributed by atoms with Crippen LogP contribution in [-0.4, -0.2) is 73.2 Å². The Morgan fingerprint density at radius 2 is 1.95 bits per heavy atom. The largest absolute Gasteiger partial charge is 0.379 e. The highest BCUT2D eigenvalue weighted by Crippen LogP contribution is 2.21. The first-order valence-corrected chi connectivity index (χ1v) is 7.42. The highest BCUT2D eigenvalue weighted by atomic mass is 16.5. The molecular weight excluding hydrogens is 270 g/mol. The van der Waals surface area contributed by atoms with E-state index in [-0.39, 0.29) is 12.0 Å². The molecule has 1 atom stereocenters. The molecule has 0 unspecified atom stereocenters. The highest BCUT2D eigenvalue weighted by molar-refractivity contribution is 5.78. The quantitative estimate of drug-likeness (QED) is 0.802. The van der Waals surface area contributed by atoms with Crippen LogP contribution < -0.4 is 0 Å². The third-order valence-corrected chi connectivity index (χ3v) is 3.96. The van der Waals surface area contributed by atoms with Crippen molar-refractivity contribution in [2.24, 2.45) is 0 Å². The van der Waals surface area contributed by atoms with Crippen molar-refractivity contribution >= 4 is 5.91 Å². The number of hydrogen-bond acceptors (Lipinski definition) is 5. The molecule has 0 aromatic carbocycles. The van der Waals surface area contributed by atoms with Gasteiger partial charge in [-0.3, -0.25) is 14.7 Å². The van der Waals surface area contributed by atoms with E-state index < -0.39 is 0 Å². The number of rotatable bonds is 3. The predicted molar refractivity (Wildman–Crippen MR) is 76.8 cm³/mol. The number of aromatic nitrogens is 1. The molecule has 0 radical (unpaired) electrons. The molecule has 6 heteroatoms. The second-order valence-corrected chi connectivity index (χ2v) is 5.37. The van der Waals surface area contributed by atoms with Crippen LogP contribution in [0.3, 0.4) is 0 Å². The van der Waals surface area contributed by atoms with Crippen molar-refractivity contribution in [3.8, 4) is 0 Å². The van der Waals surface area contributed by atoms with Gasteiger partial charge in [-0.05, 0) is 17.7 Å². The van der Waals surface area contributed by atoms with Gasteiger partial charge < -0.3 is 14.4 Å². The SMILES string of the molecule is O=C(CN1CCOCC1)N1CCO[C@H](c2ccncc2)C1. The molecule has 2 fully saturated rings. The third kappa shape index (κ3) is 3.78. The van der Waals surface area contributed by atoms with E-state index in [0.717, 1.165) is 31.9 Å². The Hall–Kier alpha value is -1.50. The summed E-state index contributed by atoms with van der Waals surface area (Å²) in [6.07, 6.45) is 3.47. The molecule has 0 spiro atoms. The molecule has 0 N–H and O–H groups in total. The van der Waals surface area contributed by atoms with Crippen molar-refractivity contribution in [1.29, 1.82) is 0 Å². The molecule has 6 nitrogen and oxygen atoms in total. The van der Waals surface area contributed by atoms with Gasteiger partial charge in [0.1, 0.15) is 6.10 Å². The van der Waals surface area contributed by atoms with Gasteiger partial charge in [-0.1, -0.05) is 0 Å². The van der Waals surface area contributed by atoms with Gasteiger partial charge >= 0.3 is 0 Å².